The third kappa shape index (κ3) is 4.39. The second kappa shape index (κ2) is 6.41. The van der Waals surface area contributed by atoms with Gasteiger partial charge in [0, 0.05) is 32.1 Å². The van der Waals surface area contributed by atoms with Gasteiger partial charge in [-0.25, -0.2) is 12.7 Å². The highest BCUT2D eigenvalue weighted by molar-refractivity contribution is 7.88. The molecule has 0 radical (unpaired) electrons. The fourth-order valence-corrected chi connectivity index (χ4v) is 3.95. The lowest BCUT2D eigenvalue weighted by atomic mass is 9.98. The molecule has 126 valence electrons. The predicted molar refractivity (Wildman–Crippen MR) is 91.0 cm³/mol. The molecule has 22 heavy (non-hydrogen) atoms. The van der Waals surface area contributed by atoms with Crippen molar-refractivity contribution in [3.8, 4) is 0 Å². The Morgan fingerprint density at radius 2 is 2.05 bits per heavy atom. The van der Waals surface area contributed by atoms with Gasteiger partial charge in [0.1, 0.15) is 5.01 Å². The summed E-state index contributed by atoms with van der Waals surface area (Å²) in [6, 6.07) is 0. The largest absolute Gasteiger partial charge is 0.346 e. The van der Waals surface area contributed by atoms with Crippen molar-refractivity contribution in [2.24, 2.45) is 5.92 Å². The molecule has 1 aromatic rings. The highest BCUT2D eigenvalue weighted by Gasteiger charge is 2.27. The van der Waals surface area contributed by atoms with Crippen LogP contribution in [-0.4, -0.2) is 55.9 Å². The van der Waals surface area contributed by atoms with E-state index in [0.717, 1.165) is 36.1 Å². The summed E-state index contributed by atoms with van der Waals surface area (Å²) in [5.74, 6) is 0.343. The monoisotopic (exact) mass is 346 g/mol. The third-order valence-electron chi connectivity index (χ3n) is 3.93. The number of sulfonamides is 1. The number of hydrogen-bond donors (Lipinski definition) is 0. The first-order valence-electron chi connectivity index (χ1n) is 7.57. The lowest BCUT2D eigenvalue weighted by Gasteiger charge is -2.33. The van der Waals surface area contributed by atoms with E-state index in [1.165, 1.54) is 10.6 Å². The van der Waals surface area contributed by atoms with Crippen LogP contribution in [0.25, 0.3) is 0 Å². The van der Waals surface area contributed by atoms with Gasteiger partial charge in [-0.3, -0.25) is 0 Å². The molecule has 0 aliphatic carbocycles. The molecule has 0 N–H and O–H groups in total. The zero-order valence-corrected chi connectivity index (χ0v) is 15.7. The van der Waals surface area contributed by atoms with E-state index < -0.39 is 10.0 Å². The zero-order valence-electron chi connectivity index (χ0n) is 14.0. The molecular formula is C14H26N4O2S2. The molecule has 1 aliphatic rings. The maximum absolute atomic E-state index is 11.6. The van der Waals surface area contributed by atoms with E-state index in [1.54, 1.807) is 18.4 Å². The zero-order chi connectivity index (χ0) is 16.5. The van der Waals surface area contributed by atoms with Gasteiger partial charge in [0.25, 0.3) is 0 Å². The summed E-state index contributed by atoms with van der Waals surface area (Å²) < 4.78 is 24.6. The minimum Gasteiger partial charge on any atom is -0.346 e. The Morgan fingerprint density at radius 1 is 1.36 bits per heavy atom. The molecule has 1 fully saturated rings. The molecule has 1 aliphatic heterocycles. The summed E-state index contributed by atoms with van der Waals surface area (Å²) in [4.78, 5) is 2.25. The van der Waals surface area contributed by atoms with Crippen LogP contribution in [0.2, 0.25) is 0 Å². The molecule has 0 saturated carbocycles. The first-order valence-corrected chi connectivity index (χ1v) is 10.2. The van der Waals surface area contributed by atoms with Gasteiger partial charge < -0.3 is 4.90 Å². The number of aromatic nitrogens is 2. The second-order valence-electron chi connectivity index (χ2n) is 7.14. The molecule has 2 heterocycles. The van der Waals surface area contributed by atoms with Crippen molar-refractivity contribution < 1.29 is 8.42 Å². The molecule has 0 bridgehead atoms. The molecular weight excluding hydrogens is 320 g/mol. The van der Waals surface area contributed by atoms with E-state index in [1.807, 2.05) is 0 Å². The van der Waals surface area contributed by atoms with Gasteiger partial charge in [-0.2, -0.15) is 0 Å². The van der Waals surface area contributed by atoms with E-state index in [9.17, 15) is 8.42 Å². The summed E-state index contributed by atoms with van der Waals surface area (Å²) >= 11 is 1.64. The minimum absolute atomic E-state index is 0.0155. The average Bonchev–Trinajstić information content (AvgIpc) is 2.87. The second-order valence-corrected chi connectivity index (χ2v) is 10.2. The number of piperidine rings is 1. The van der Waals surface area contributed by atoms with Gasteiger partial charge in [0.05, 0.1) is 6.26 Å². The van der Waals surface area contributed by atoms with Gasteiger partial charge in [0.2, 0.25) is 15.2 Å². The average molecular weight is 347 g/mol. The number of nitrogens with zero attached hydrogens (tertiary/aromatic N) is 4. The number of anilines is 1. The normalized spacial score (nSPS) is 20.6. The summed E-state index contributed by atoms with van der Waals surface area (Å²) in [7, 11) is -1.46. The Balaban J connectivity index is 2.03. The lowest BCUT2D eigenvalue weighted by molar-refractivity contribution is 0.337. The smallest absolute Gasteiger partial charge is 0.210 e. The van der Waals surface area contributed by atoms with Gasteiger partial charge in [0.15, 0.2) is 0 Å². The molecule has 8 heteroatoms. The highest BCUT2D eigenvalue weighted by atomic mass is 32.2. The SMILES string of the molecule is CN(CC1CCCN(c2nnc(C(C)(C)C)s2)C1)S(C)(=O)=O. The first-order chi connectivity index (χ1) is 10.1. The van der Waals surface area contributed by atoms with E-state index in [2.05, 4.69) is 35.9 Å². The fraction of sp³-hybridized carbons (Fsp3) is 0.857. The lowest BCUT2D eigenvalue weighted by Crippen LogP contribution is -2.41. The Kier molecular flexibility index (Phi) is 5.13. The summed E-state index contributed by atoms with van der Waals surface area (Å²) in [6.07, 6.45) is 3.38. The molecule has 1 unspecified atom stereocenters. The van der Waals surface area contributed by atoms with Gasteiger partial charge in [-0.1, -0.05) is 32.1 Å². The van der Waals surface area contributed by atoms with Gasteiger partial charge in [-0.05, 0) is 18.8 Å². The fourth-order valence-electron chi connectivity index (χ4n) is 2.53. The molecule has 0 amide bonds. The van der Waals surface area contributed by atoms with Crippen LogP contribution in [0.1, 0.15) is 38.6 Å². The Labute approximate surface area is 137 Å². The van der Waals surface area contributed by atoms with Crippen molar-refractivity contribution in [3.63, 3.8) is 0 Å². The van der Waals surface area contributed by atoms with Gasteiger partial charge in [-0.15, -0.1) is 10.2 Å². The highest BCUT2D eigenvalue weighted by Crippen LogP contribution is 2.32. The molecule has 1 aromatic heterocycles. The Morgan fingerprint density at radius 3 is 2.59 bits per heavy atom. The van der Waals surface area contributed by atoms with Crippen LogP contribution < -0.4 is 4.90 Å². The molecule has 1 atom stereocenters. The maximum Gasteiger partial charge on any atom is 0.210 e. The molecule has 0 spiro atoms. The van der Waals surface area contributed by atoms with Crippen molar-refractivity contribution in [2.45, 2.75) is 39.0 Å². The van der Waals surface area contributed by atoms with Crippen molar-refractivity contribution in [1.29, 1.82) is 0 Å². The van der Waals surface area contributed by atoms with Crippen LogP contribution in [0.3, 0.4) is 0 Å². The molecule has 6 nitrogen and oxygen atoms in total. The van der Waals surface area contributed by atoms with Crippen LogP contribution in [0.4, 0.5) is 5.13 Å². The maximum atomic E-state index is 11.6. The molecule has 0 aromatic carbocycles. The van der Waals surface area contributed by atoms with Crippen LogP contribution in [-0.2, 0) is 15.4 Å². The third-order valence-corrected chi connectivity index (χ3v) is 6.62. The number of hydrogen-bond acceptors (Lipinski definition) is 6. The van der Waals surface area contributed by atoms with E-state index in [-0.39, 0.29) is 5.41 Å². The van der Waals surface area contributed by atoms with Crippen LogP contribution >= 0.6 is 11.3 Å². The Hall–Kier alpha value is -0.730. The summed E-state index contributed by atoms with van der Waals surface area (Å²) in [5, 5.41) is 10.6. The van der Waals surface area contributed by atoms with Gasteiger partial charge >= 0.3 is 0 Å². The van der Waals surface area contributed by atoms with Crippen molar-refractivity contribution in [2.75, 3.05) is 37.8 Å². The Bertz CT molecular complexity index is 607. The van der Waals surface area contributed by atoms with Crippen LogP contribution in [0.5, 0.6) is 0 Å². The first kappa shape index (κ1) is 17.6. The van der Waals surface area contributed by atoms with Crippen molar-refractivity contribution in [1.82, 2.24) is 14.5 Å². The predicted octanol–water partition coefficient (Wildman–Crippen LogP) is 1.94. The topological polar surface area (TPSA) is 66.4 Å². The van der Waals surface area contributed by atoms with Crippen molar-refractivity contribution >= 4 is 26.5 Å². The van der Waals surface area contributed by atoms with Crippen LogP contribution in [0, 0.1) is 5.92 Å². The standard InChI is InChI=1S/C14H26N4O2S2/c1-14(2,3)12-15-16-13(21-12)18-8-6-7-11(10-18)9-17(4)22(5,19)20/h11H,6-10H2,1-5H3. The molecule has 2 rings (SSSR count). The summed E-state index contributed by atoms with van der Waals surface area (Å²) in [5.41, 5.74) is 0.0155. The van der Waals surface area contributed by atoms with Crippen molar-refractivity contribution in [3.05, 3.63) is 5.01 Å². The van der Waals surface area contributed by atoms with E-state index >= 15 is 0 Å². The quantitative estimate of drug-likeness (QED) is 0.833. The van der Waals surface area contributed by atoms with E-state index in [4.69, 9.17) is 0 Å². The molecule has 1 saturated heterocycles. The van der Waals surface area contributed by atoms with E-state index in [0.29, 0.717) is 12.5 Å². The minimum atomic E-state index is -3.11. The summed E-state index contributed by atoms with van der Waals surface area (Å²) in [6.45, 7) is 8.79. The van der Waals surface area contributed by atoms with Crippen LogP contribution in [0.15, 0.2) is 0 Å². The number of rotatable bonds is 4.